The van der Waals surface area contributed by atoms with Crippen LogP contribution in [0.3, 0.4) is 0 Å². The first-order valence-corrected chi connectivity index (χ1v) is 7.91. The number of aliphatic carboxylic acids is 1. The van der Waals surface area contributed by atoms with Crippen LogP contribution in [-0.2, 0) is 11.2 Å². The molecule has 1 aliphatic heterocycles. The van der Waals surface area contributed by atoms with Crippen molar-refractivity contribution in [3.05, 3.63) is 35.9 Å². The molecule has 1 fully saturated rings. The third-order valence-corrected chi connectivity index (χ3v) is 4.38. The third-order valence-electron chi connectivity index (χ3n) is 4.38. The fraction of sp³-hybridized carbons (Fsp3) is 0.588. The molecule has 1 saturated heterocycles. The van der Waals surface area contributed by atoms with Gasteiger partial charge in [0.15, 0.2) is 0 Å². The highest BCUT2D eigenvalue weighted by Gasteiger charge is 2.24. The summed E-state index contributed by atoms with van der Waals surface area (Å²) in [4.78, 5) is 15.5. The molecule has 0 atom stereocenters. The van der Waals surface area contributed by atoms with E-state index in [1.807, 2.05) is 6.92 Å². The first-order valence-electron chi connectivity index (χ1n) is 7.91. The Morgan fingerprint density at radius 3 is 2.45 bits per heavy atom. The van der Waals surface area contributed by atoms with E-state index in [0.717, 1.165) is 45.4 Å². The number of hydrogen-bond acceptors (Lipinski definition) is 3. The van der Waals surface area contributed by atoms with Gasteiger partial charge in [-0.25, -0.2) is 0 Å². The van der Waals surface area contributed by atoms with Crippen molar-refractivity contribution in [2.24, 2.45) is 0 Å². The topological polar surface area (TPSA) is 43.8 Å². The van der Waals surface area contributed by atoms with Crippen LogP contribution >= 0.6 is 12.4 Å². The molecule has 22 heavy (non-hydrogen) atoms. The lowest BCUT2D eigenvalue weighted by atomic mass is 10.0. The number of benzene rings is 1. The minimum absolute atomic E-state index is 0. The second-order valence-electron chi connectivity index (χ2n) is 5.77. The molecule has 0 aliphatic carbocycles. The zero-order valence-electron chi connectivity index (χ0n) is 13.3. The van der Waals surface area contributed by atoms with E-state index in [-0.39, 0.29) is 19.0 Å². The van der Waals surface area contributed by atoms with Crippen LogP contribution in [0.1, 0.15) is 25.3 Å². The molecular weight excluding hydrogens is 300 g/mol. The summed E-state index contributed by atoms with van der Waals surface area (Å²) in [6.45, 7) is 6.29. The zero-order chi connectivity index (χ0) is 15.1. The van der Waals surface area contributed by atoms with Crippen LogP contribution in [0, 0.1) is 0 Å². The van der Waals surface area contributed by atoms with Crippen molar-refractivity contribution in [3.8, 4) is 0 Å². The Morgan fingerprint density at radius 2 is 1.91 bits per heavy atom. The molecule has 0 radical (unpaired) electrons. The van der Waals surface area contributed by atoms with Gasteiger partial charge in [0.25, 0.3) is 0 Å². The molecule has 0 spiro atoms. The zero-order valence-corrected chi connectivity index (χ0v) is 14.1. The van der Waals surface area contributed by atoms with Gasteiger partial charge in [0.2, 0.25) is 0 Å². The fourth-order valence-electron chi connectivity index (χ4n) is 3.11. The lowest BCUT2D eigenvalue weighted by Gasteiger charge is -2.37. The third kappa shape index (κ3) is 5.95. The second-order valence-corrected chi connectivity index (χ2v) is 5.77. The number of halogens is 1. The first kappa shape index (κ1) is 18.9. The molecule has 1 N–H and O–H groups in total. The molecule has 4 nitrogen and oxygen atoms in total. The average Bonchev–Trinajstić information content (AvgIpc) is 2.52. The second kappa shape index (κ2) is 9.82. The van der Waals surface area contributed by atoms with Gasteiger partial charge in [0.1, 0.15) is 0 Å². The summed E-state index contributed by atoms with van der Waals surface area (Å²) in [5.74, 6) is -0.719. The van der Waals surface area contributed by atoms with Crippen LogP contribution in [0.5, 0.6) is 0 Å². The maximum Gasteiger partial charge on any atom is 0.317 e. The fourth-order valence-corrected chi connectivity index (χ4v) is 3.11. The van der Waals surface area contributed by atoms with Crippen molar-refractivity contribution in [1.82, 2.24) is 9.80 Å². The van der Waals surface area contributed by atoms with Gasteiger partial charge in [0.05, 0.1) is 6.54 Å². The Balaban J connectivity index is 0.00000242. The van der Waals surface area contributed by atoms with Crippen molar-refractivity contribution in [2.75, 3.05) is 32.7 Å². The minimum Gasteiger partial charge on any atom is -0.480 e. The SMILES string of the molecule is CCN(CC(=O)O)C1CCN(CCc2ccccc2)CC1.Cl. The Morgan fingerprint density at radius 1 is 1.27 bits per heavy atom. The van der Waals surface area contributed by atoms with Gasteiger partial charge in [-0.15, -0.1) is 12.4 Å². The lowest BCUT2D eigenvalue weighted by Crippen LogP contribution is -2.46. The van der Waals surface area contributed by atoms with Gasteiger partial charge in [-0.2, -0.15) is 0 Å². The number of hydrogen-bond donors (Lipinski definition) is 1. The summed E-state index contributed by atoms with van der Waals surface area (Å²) in [5.41, 5.74) is 1.39. The predicted molar refractivity (Wildman–Crippen MR) is 91.7 cm³/mol. The van der Waals surface area contributed by atoms with Crippen molar-refractivity contribution in [1.29, 1.82) is 0 Å². The van der Waals surface area contributed by atoms with Crippen LogP contribution in [0.15, 0.2) is 30.3 Å². The van der Waals surface area contributed by atoms with E-state index >= 15 is 0 Å². The molecule has 1 heterocycles. The first-order chi connectivity index (χ1) is 10.2. The smallest absolute Gasteiger partial charge is 0.317 e. The Kier molecular flexibility index (Phi) is 8.46. The summed E-state index contributed by atoms with van der Waals surface area (Å²) in [5, 5.41) is 8.96. The average molecular weight is 327 g/mol. The molecule has 0 unspecified atom stereocenters. The van der Waals surface area contributed by atoms with Crippen molar-refractivity contribution in [3.63, 3.8) is 0 Å². The minimum atomic E-state index is -0.719. The molecule has 0 aromatic heterocycles. The number of likely N-dealkylation sites (tertiary alicyclic amines) is 1. The molecular formula is C17H27ClN2O2. The monoisotopic (exact) mass is 326 g/mol. The summed E-state index contributed by atoms with van der Waals surface area (Å²) >= 11 is 0. The Hall–Kier alpha value is -1.10. The molecule has 0 bridgehead atoms. The van der Waals surface area contributed by atoms with Gasteiger partial charge >= 0.3 is 5.97 Å². The quantitative estimate of drug-likeness (QED) is 0.836. The standard InChI is InChI=1S/C17H26N2O2.ClH/c1-2-19(14-17(20)21)16-9-12-18(13-10-16)11-8-15-6-4-3-5-7-15;/h3-7,16H,2,8-14H2,1H3,(H,20,21);1H. The van der Waals surface area contributed by atoms with Gasteiger partial charge in [0, 0.05) is 12.6 Å². The Labute approximate surface area is 139 Å². The van der Waals surface area contributed by atoms with Crippen LogP contribution < -0.4 is 0 Å². The number of piperidine rings is 1. The molecule has 124 valence electrons. The van der Waals surface area contributed by atoms with Gasteiger partial charge < -0.3 is 10.0 Å². The largest absolute Gasteiger partial charge is 0.480 e. The van der Waals surface area contributed by atoms with E-state index in [1.165, 1.54) is 5.56 Å². The maximum atomic E-state index is 10.9. The van der Waals surface area contributed by atoms with Crippen molar-refractivity contribution < 1.29 is 9.90 Å². The van der Waals surface area contributed by atoms with Crippen LogP contribution in [0.4, 0.5) is 0 Å². The highest BCUT2D eigenvalue weighted by Crippen LogP contribution is 2.16. The van der Waals surface area contributed by atoms with E-state index in [0.29, 0.717) is 6.04 Å². The van der Waals surface area contributed by atoms with E-state index in [9.17, 15) is 4.79 Å². The Bertz CT molecular complexity index is 434. The van der Waals surface area contributed by atoms with Crippen LogP contribution in [-0.4, -0.2) is 59.6 Å². The van der Waals surface area contributed by atoms with E-state index in [1.54, 1.807) is 0 Å². The van der Waals surface area contributed by atoms with Gasteiger partial charge in [-0.05, 0) is 44.5 Å². The van der Waals surface area contributed by atoms with Crippen molar-refractivity contribution >= 4 is 18.4 Å². The highest BCUT2D eigenvalue weighted by atomic mass is 35.5. The summed E-state index contributed by atoms with van der Waals surface area (Å²) in [6, 6.07) is 11.0. The molecule has 0 amide bonds. The summed E-state index contributed by atoms with van der Waals surface area (Å²) in [6.07, 6.45) is 3.25. The maximum absolute atomic E-state index is 10.9. The lowest BCUT2D eigenvalue weighted by molar-refractivity contribution is -0.139. The highest BCUT2D eigenvalue weighted by molar-refractivity contribution is 5.85. The molecule has 2 rings (SSSR count). The number of rotatable bonds is 7. The van der Waals surface area contributed by atoms with Crippen LogP contribution in [0.25, 0.3) is 0 Å². The number of likely N-dealkylation sites (N-methyl/N-ethyl adjacent to an activating group) is 1. The van der Waals surface area contributed by atoms with E-state index in [2.05, 4.69) is 40.1 Å². The molecule has 5 heteroatoms. The van der Waals surface area contributed by atoms with E-state index < -0.39 is 5.97 Å². The van der Waals surface area contributed by atoms with Gasteiger partial charge in [-0.3, -0.25) is 9.69 Å². The molecule has 1 aromatic carbocycles. The normalized spacial score (nSPS) is 16.5. The van der Waals surface area contributed by atoms with Crippen molar-refractivity contribution in [2.45, 2.75) is 32.2 Å². The van der Waals surface area contributed by atoms with E-state index in [4.69, 9.17) is 5.11 Å². The number of carbonyl (C=O) groups is 1. The molecule has 1 aromatic rings. The number of carboxylic acids is 1. The molecule has 1 aliphatic rings. The van der Waals surface area contributed by atoms with Crippen LogP contribution in [0.2, 0.25) is 0 Å². The number of nitrogens with zero attached hydrogens (tertiary/aromatic N) is 2. The summed E-state index contributed by atoms with van der Waals surface area (Å²) < 4.78 is 0. The molecule has 0 saturated carbocycles. The van der Waals surface area contributed by atoms with Gasteiger partial charge in [-0.1, -0.05) is 37.3 Å². The predicted octanol–water partition coefficient (Wildman–Crippen LogP) is 2.52. The number of carboxylic acid groups (broad SMARTS) is 1. The summed E-state index contributed by atoms with van der Waals surface area (Å²) in [7, 11) is 0.